The average molecular weight is 272 g/mol. The van der Waals surface area contributed by atoms with Gasteiger partial charge in [0.15, 0.2) is 0 Å². The molecule has 1 aromatic carbocycles. The van der Waals surface area contributed by atoms with Crippen LogP contribution in [-0.4, -0.2) is 19.1 Å². The van der Waals surface area contributed by atoms with Gasteiger partial charge in [0.1, 0.15) is 0 Å². The highest BCUT2D eigenvalue weighted by molar-refractivity contribution is 5.70. The molecule has 1 heterocycles. The van der Waals surface area contributed by atoms with Crippen molar-refractivity contribution in [1.82, 2.24) is 0 Å². The highest BCUT2D eigenvalue weighted by Gasteiger charge is 2.20. The summed E-state index contributed by atoms with van der Waals surface area (Å²) in [6.07, 6.45) is 9.53. The molecule has 2 aliphatic rings. The topological polar surface area (TPSA) is 15.3 Å². The Morgan fingerprint density at radius 3 is 2.60 bits per heavy atom. The van der Waals surface area contributed by atoms with E-state index in [4.69, 9.17) is 0 Å². The number of para-hydroxylation sites is 2. The van der Waals surface area contributed by atoms with Crippen LogP contribution in [0.15, 0.2) is 24.3 Å². The summed E-state index contributed by atoms with van der Waals surface area (Å²) >= 11 is 0. The molecule has 1 aromatic rings. The first kappa shape index (κ1) is 13.8. The van der Waals surface area contributed by atoms with E-state index in [1.54, 1.807) is 0 Å². The van der Waals surface area contributed by atoms with Crippen LogP contribution < -0.4 is 10.2 Å². The molecule has 2 atom stereocenters. The maximum Gasteiger partial charge on any atom is 0.0602 e. The molecule has 0 aromatic heterocycles. The monoisotopic (exact) mass is 272 g/mol. The van der Waals surface area contributed by atoms with Crippen LogP contribution in [0.2, 0.25) is 0 Å². The fourth-order valence-corrected chi connectivity index (χ4v) is 3.79. The Morgan fingerprint density at radius 1 is 1.00 bits per heavy atom. The normalized spacial score (nSPS) is 27.4. The second kappa shape index (κ2) is 6.51. The van der Waals surface area contributed by atoms with Gasteiger partial charge in [-0.15, -0.1) is 0 Å². The smallest absolute Gasteiger partial charge is 0.0602 e. The van der Waals surface area contributed by atoms with Gasteiger partial charge in [-0.25, -0.2) is 0 Å². The molecule has 1 saturated heterocycles. The number of nitrogens with zero attached hydrogens (tertiary/aromatic N) is 1. The van der Waals surface area contributed by atoms with Crippen molar-refractivity contribution in [1.29, 1.82) is 0 Å². The van der Waals surface area contributed by atoms with E-state index >= 15 is 0 Å². The summed E-state index contributed by atoms with van der Waals surface area (Å²) in [4.78, 5) is 2.57. The van der Waals surface area contributed by atoms with E-state index in [9.17, 15) is 0 Å². The lowest BCUT2D eigenvalue weighted by Crippen LogP contribution is -2.31. The first-order valence-corrected chi connectivity index (χ1v) is 8.43. The maximum absolute atomic E-state index is 3.84. The Hall–Kier alpha value is -1.18. The van der Waals surface area contributed by atoms with Gasteiger partial charge < -0.3 is 10.2 Å². The molecule has 0 amide bonds. The summed E-state index contributed by atoms with van der Waals surface area (Å²) in [5.74, 6) is 0.878. The van der Waals surface area contributed by atoms with Gasteiger partial charge in [-0.1, -0.05) is 31.9 Å². The summed E-state index contributed by atoms with van der Waals surface area (Å²) in [6, 6.07) is 9.58. The predicted molar refractivity (Wildman–Crippen MR) is 87.5 cm³/mol. The van der Waals surface area contributed by atoms with Gasteiger partial charge in [0, 0.05) is 19.1 Å². The lowest BCUT2D eigenvalue weighted by molar-refractivity contribution is 0.358. The molecule has 0 spiro atoms. The molecule has 2 nitrogen and oxygen atoms in total. The summed E-state index contributed by atoms with van der Waals surface area (Å²) in [7, 11) is 0. The van der Waals surface area contributed by atoms with Crippen LogP contribution in [0.5, 0.6) is 0 Å². The van der Waals surface area contributed by atoms with E-state index in [1.807, 2.05) is 0 Å². The van der Waals surface area contributed by atoms with Crippen molar-refractivity contribution in [2.24, 2.45) is 5.92 Å². The van der Waals surface area contributed by atoms with Crippen molar-refractivity contribution in [3.63, 3.8) is 0 Å². The van der Waals surface area contributed by atoms with E-state index < -0.39 is 0 Å². The maximum atomic E-state index is 3.84. The molecule has 1 N–H and O–H groups in total. The van der Waals surface area contributed by atoms with Crippen LogP contribution in [0.1, 0.15) is 51.9 Å². The molecule has 1 aliphatic heterocycles. The summed E-state index contributed by atoms with van der Waals surface area (Å²) in [6.45, 7) is 4.84. The Bertz CT molecular complexity index is 423. The first-order chi connectivity index (χ1) is 9.83. The molecule has 2 unspecified atom stereocenters. The average Bonchev–Trinajstić information content (AvgIpc) is 2.49. The number of hydrogen-bond acceptors (Lipinski definition) is 2. The van der Waals surface area contributed by atoms with Crippen LogP contribution in [0.4, 0.5) is 11.4 Å². The Kier molecular flexibility index (Phi) is 4.49. The number of hydrogen-bond donors (Lipinski definition) is 1. The molecular weight excluding hydrogens is 244 g/mol. The summed E-state index contributed by atoms with van der Waals surface area (Å²) in [5.41, 5.74) is 2.78. The van der Waals surface area contributed by atoms with Crippen LogP contribution in [0.25, 0.3) is 0 Å². The van der Waals surface area contributed by atoms with Gasteiger partial charge in [0.25, 0.3) is 0 Å². The Labute approximate surface area is 123 Å². The zero-order valence-corrected chi connectivity index (χ0v) is 12.8. The van der Waals surface area contributed by atoms with Crippen LogP contribution in [-0.2, 0) is 0 Å². The lowest BCUT2D eigenvalue weighted by atomic mass is 9.87. The van der Waals surface area contributed by atoms with Gasteiger partial charge >= 0.3 is 0 Å². The molecule has 2 heteroatoms. The zero-order chi connectivity index (χ0) is 13.8. The van der Waals surface area contributed by atoms with E-state index in [-0.39, 0.29) is 0 Å². The molecule has 1 aliphatic carbocycles. The van der Waals surface area contributed by atoms with Gasteiger partial charge in [0.05, 0.1) is 11.4 Å². The molecule has 2 fully saturated rings. The number of piperidine rings is 1. The van der Waals surface area contributed by atoms with Crippen LogP contribution in [0, 0.1) is 5.92 Å². The largest absolute Gasteiger partial charge is 0.381 e. The Morgan fingerprint density at radius 2 is 1.80 bits per heavy atom. The third-order valence-corrected chi connectivity index (χ3v) is 4.90. The molecule has 110 valence electrons. The summed E-state index contributed by atoms with van der Waals surface area (Å²) < 4.78 is 0. The molecule has 20 heavy (non-hydrogen) atoms. The van der Waals surface area contributed by atoms with Crippen molar-refractivity contribution in [3.05, 3.63) is 24.3 Å². The van der Waals surface area contributed by atoms with Crippen molar-refractivity contribution in [3.8, 4) is 0 Å². The first-order valence-electron chi connectivity index (χ1n) is 8.43. The zero-order valence-electron chi connectivity index (χ0n) is 12.8. The van der Waals surface area contributed by atoms with Crippen LogP contribution in [0.3, 0.4) is 0 Å². The number of benzene rings is 1. The van der Waals surface area contributed by atoms with Gasteiger partial charge in [-0.05, 0) is 50.2 Å². The van der Waals surface area contributed by atoms with Crippen molar-refractivity contribution < 1.29 is 0 Å². The second-order valence-electron chi connectivity index (χ2n) is 6.68. The standard InChI is InChI=1S/C18H28N2/c1-15-8-7-9-16(14-15)19-17-10-3-4-11-18(17)20-12-5-2-6-13-20/h3-4,10-11,15-16,19H,2,5-9,12-14H2,1H3. The van der Waals surface area contributed by atoms with Crippen molar-refractivity contribution in [2.75, 3.05) is 23.3 Å². The minimum Gasteiger partial charge on any atom is -0.381 e. The van der Waals surface area contributed by atoms with Gasteiger partial charge in [-0.3, -0.25) is 0 Å². The molecule has 0 bridgehead atoms. The fourth-order valence-electron chi connectivity index (χ4n) is 3.79. The summed E-state index contributed by atoms with van der Waals surface area (Å²) in [5, 5.41) is 3.84. The number of anilines is 2. The highest BCUT2D eigenvalue weighted by atomic mass is 15.2. The van der Waals surface area contributed by atoms with Gasteiger partial charge in [-0.2, -0.15) is 0 Å². The highest BCUT2D eigenvalue weighted by Crippen LogP contribution is 2.32. The third kappa shape index (κ3) is 3.28. The fraction of sp³-hybridized carbons (Fsp3) is 0.667. The predicted octanol–water partition coefficient (Wildman–Crippen LogP) is 4.67. The van der Waals surface area contributed by atoms with Crippen molar-refractivity contribution >= 4 is 11.4 Å². The molecular formula is C18H28N2. The van der Waals surface area contributed by atoms with E-state index in [0.29, 0.717) is 6.04 Å². The third-order valence-electron chi connectivity index (χ3n) is 4.90. The molecule has 1 saturated carbocycles. The minimum absolute atomic E-state index is 0.671. The van der Waals surface area contributed by atoms with E-state index in [0.717, 1.165) is 5.92 Å². The number of nitrogens with one attached hydrogen (secondary N) is 1. The lowest BCUT2D eigenvalue weighted by Gasteiger charge is -2.33. The van der Waals surface area contributed by atoms with Crippen molar-refractivity contribution in [2.45, 2.75) is 57.9 Å². The van der Waals surface area contributed by atoms with E-state index in [1.165, 1.54) is 69.4 Å². The molecule has 3 rings (SSSR count). The van der Waals surface area contributed by atoms with E-state index in [2.05, 4.69) is 41.4 Å². The second-order valence-corrected chi connectivity index (χ2v) is 6.68. The quantitative estimate of drug-likeness (QED) is 0.860. The number of rotatable bonds is 3. The van der Waals surface area contributed by atoms with Gasteiger partial charge in [0.2, 0.25) is 0 Å². The minimum atomic E-state index is 0.671. The molecule has 0 radical (unpaired) electrons. The van der Waals surface area contributed by atoms with Crippen LogP contribution >= 0.6 is 0 Å². The Balaban J connectivity index is 1.71. The SMILES string of the molecule is CC1CCCC(Nc2ccccc2N2CCCCC2)C1.